The van der Waals surface area contributed by atoms with E-state index in [1.54, 1.807) is 6.33 Å². The Balaban J connectivity index is 1.64. The molecule has 3 rings (SSSR count). The molecule has 0 amide bonds. The Hall–Kier alpha value is -2.18. The fraction of sp³-hybridized carbons (Fsp3) is 0.571. The zero-order valence-corrected chi connectivity index (χ0v) is 12.3. The average molecular weight is 289 g/mol. The Kier molecular flexibility index (Phi) is 3.98. The summed E-state index contributed by atoms with van der Waals surface area (Å²) in [6.07, 6.45) is 3.51. The number of hydrogen-bond donors (Lipinski definition) is 0. The second-order valence-electron chi connectivity index (χ2n) is 5.09. The van der Waals surface area contributed by atoms with Crippen LogP contribution < -0.4 is 9.64 Å². The van der Waals surface area contributed by atoms with E-state index in [0.29, 0.717) is 24.2 Å². The van der Waals surface area contributed by atoms with E-state index in [-0.39, 0.29) is 0 Å². The molecular weight excluding hydrogens is 270 g/mol. The molecule has 0 saturated carbocycles. The number of nitrogens with zero attached hydrogens (tertiary/aromatic N) is 5. The van der Waals surface area contributed by atoms with Gasteiger partial charge in [-0.2, -0.15) is 4.98 Å². The van der Waals surface area contributed by atoms with Crippen LogP contribution in [0.4, 0.5) is 5.82 Å². The molecule has 2 aromatic heterocycles. The molecule has 1 aliphatic rings. The number of rotatable bonds is 4. The van der Waals surface area contributed by atoms with Crippen molar-refractivity contribution in [3.63, 3.8) is 0 Å². The van der Waals surface area contributed by atoms with Crippen LogP contribution in [-0.4, -0.2) is 39.8 Å². The summed E-state index contributed by atoms with van der Waals surface area (Å²) in [5.41, 5.74) is 0. The minimum Gasteiger partial charge on any atom is -0.478 e. The Morgan fingerprint density at radius 2 is 2.14 bits per heavy atom. The zero-order chi connectivity index (χ0) is 14.7. The molecule has 0 bridgehead atoms. The fourth-order valence-electron chi connectivity index (χ4n) is 2.56. The number of piperidine rings is 1. The Bertz CT molecular complexity index is 593. The SMILES string of the molecule is CCOc1cc(N2CCC(c3nc(C)no3)CC2)ncn1. The first-order valence-corrected chi connectivity index (χ1v) is 7.26. The van der Waals surface area contributed by atoms with Crippen LogP contribution in [0.25, 0.3) is 0 Å². The van der Waals surface area contributed by atoms with Crippen LogP contribution in [0.2, 0.25) is 0 Å². The van der Waals surface area contributed by atoms with Crippen LogP contribution in [0.5, 0.6) is 5.88 Å². The van der Waals surface area contributed by atoms with Gasteiger partial charge in [-0.3, -0.25) is 0 Å². The van der Waals surface area contributed by atoms with E-state index in [1.165, 1.54) is 0 Å². The average Bonchev–Trinajstić information content (AvgIpc) is 2.95. The number of anilines is 1. The number of aromatic nitrogens is 4. The minimum atomic E-state index is 0.343. The lowest BCUT2D eigenvalue weighted by molar-refractivity contribution is 0.323. The van der Waals surface area contributed by atoms with Crippen molar-refractivity contribution in [1.82, 2.24) is 20.1 Å². The van der Waals surface area contributed by atoms with Crippen LogP contribution in [0, 0.1) is 6.92 Å². The lowest BCUT2D eigenvalue weighted by Crippen LogP contribution is -2.33. The highest BCUT2D eigenvalue weighted by Gasteiger charge is 2.25. The molecule has 112 valence electrons. The molecule has 1 aliphatic heterocycles. The molecule has 7 heteroatoms. The van der Waals surface area contributed by atoms with Crippen LogP contribution in [0.15, 0.2) is 16.9 Å². The topological polar surface area (TPSA) is 77.2 Å². The molecule has 1 saturated heterocycles. The lowest BCUT2D eigenvalue weighted by atomic mass is 9.97. The maximum atomic E-state index is 5.42. The molecule has 7 nitrogen and oxygen atoms in total. The first-order chi connectivity index (χ1) is 10.3. The van der Waals surface area contributed by atoms with Gasteiger partial charge in [0.25, 0.3) is 0 Å². The maximum Gasteiger partial charge on any atom is 0.229 e. The summed E-state index contributed by atoms with van der Waals surface area (Å²) < 4.78 is 10.7. The Morgan fingerprint density at radius 1 is 1.33 bits per heavy atom. The molecule has 2 aromatic rings. The van der Waals surface area contributed by atoms with Gasteiger partial charge in [0.2, 0.25) is 11.8 Å². The van der Waals surface area contributed by atoms with Crippen molar-refractivity contribution in [2.45, 2.75) is 32.6 Å². The van der Waals surface area contributed by atoms with Gasteiger partial charge in [-0.1, -0.05) is 5.16 Å². The van der Waals surface area contributed by atoms with Crippen molar-refractivity contribution in [2.24, 2.45) is 0 Å². The van der Waals surface area contributed by atoms with Crippen molar-refractivity contribution in [3.8, 4) is 5.88 Å². The maximum absolute atomic E-state index is 5.42. The molecule has 0 unspecified atom stereocenters. The van der Waals surface area contributed by atoms with Crippen molar-refractivity contribution < 1.29 is 9.26 Å². The van der Waals surface area contributed by atoms with E-state index in [2.05, 4.69) is 25.0 Å². The van der Waals surface area contributed by atoms with Crippen molar-refractivity contribution in [1.29, 1.82) is 0 Å². The highest BCUT2D eigenvalue weighted by atomic mass is 16.5. The molecule has 21 heavy (non-hydrogen) atoms. The molecule has 0 N–H and O–H groups in total. The second-order valence-corrected chi connectivity index (χ2v) is 5.09. The van der Waals surface area contributed by atoms with E-state index < -0.39 is 0 Å². The van der Waals surface area contributed by atoms with E-state index in [9.17, 15) is 0 Å². The van der Waals surface area contributed by atoms with Gasteiger partial charge >= 0.3 is 0 Å². The third-order valence-electron chi connectivity index (χ3n) is 3.63. The molecule has 0 atom stereocenters. The lowest BCUT2D eigenvalue weighted by Gasteiger charge is -2.31. The first-order valence-electron chi connectivity index (χ1n) is 7.26. The van der Waals surface area contributed by atoms with Crippen LogP contribution in [0.1, 0.15) is 37.4 Å². The van der Waals surface area contributed by atoms with Crippen molar-refractivity contribution in [3.05, 3.63) is 24.1 Å². The molecule has 1 fully saturated rings. The van der Waals surface area contributed by atoms with E-state index >= 15 is 0 Å². The van der Waals surface area contributed by atoms with Gasteiger partial charge in [0.1, 0.15) is 12.1 Å². The summed E-state index contributed by atoms with van der Waals surface area (Å²) in [5.74, 6) is 3.33. The van der Waals surface area contributed by atoms with Gasteiger partial charge in [-0.25, -0.2) is 9.97 Å². The van der Waals surface area contributed by atoms with E-state index in [4.69, 9.17) is 9.26 Å². The molecule has 0 radical (unpaired) electrons. The Morgan fingerprint density at radius 3 is 2.81 bits per heavy atom. The molecule has 0 aromatic carbocycles. The second kappa shape index (κ2) is 6.07. The van der Waals surface area contributed by atoms with Crippen LogP contribution >= 0.6 is 0 Å². The monoisotopic (exact) mass is 289 g/mol. The largest absolute Gasteiger partial charge is 0.478 e. The first kappa shape index (κ1) is 13.8. The van der Waals surface area contributed by atoms with Gasteiger partial charge in [-0.15, -0.1) is 0 Å². The number of ether oxygens (including phenoxy) is 1. The summed E-state index contributed by atoms with van der Waals surface area (Å²) in [5, 5.41) is 3.86. The number of hydrogen-bond acceptors (Lipinski definition) is 7. The number of aryl methyl sites for hydroxylation is 1. The van der Waals surface area contributed by atoms with E-state index in [0.717, 1.165) is 37.6 Å². The normalized spacial score (nSPS) is 16.2. The summed E-state index contributed by atoms with van der Waals surface area (Å²) >= 11 is 0. The van der Waals surface area contributed by atoms with Crippen LogP contribution in [0.3, 0.4) is 0 Å². The summed E-state index contributed by atoms with van der Waals surface area (Å²) in [4.78, 5) is 15.0. The molecular formula is C14H19N5O2. The molecule has 0 aliphatic carbocycles. The minimum absolute atomic E-state index is 0.343. The summed E-state index contributed by atoms with van der Waals surface area (Å²) in [6.45, 7) is 6.22. The predicted molar refractivity (Wildman–Crippen MR) is 76.4 cm³/mol. The predicted octanol–water partition coefficient (Wildman–Crippen LogP) is 1.95. The van der Waals surface area contributed by atoms with Crippen molar-refractivity contribution >= 4 is 5.82 Å². The standard InChI is InChI=1S/C14H19N5O2/c1-3-20-13-8-12(15-9-16-13)19-6-4-11(5-7-19)14-17-10(2)18-21-14/h8-9,11H,3-7H2,1-2H3. The van der Waals surface area contributed by atoms with Crippen LogP contribution in [-0.2, 0) is 0 Å². The quantitative estimate of drug-likeness (QED) is 0.851. The Labute approximate surface area is 123 Å². The van der Waals surface area contributed by atoms with Gasteiger partial charge in [0.05, 0.1) is 6.61 Å². The summed E-state index contributed by atoms with van der Waals surface area (Å²) in [6, 6.07) is 1.89. The summed E-state index contributed by atoms with van der Waals surface area (Å²) in [7, 11) is 0. The third-order valence-corrected chi connectivity index (χ3v) is 3.63. The van der Waals surface area contributed by atoms with Gasteiger partial charge < -0.3 is 14.2 Å². The highest BCUT2D eigenvalue weighted by molar-refractivity contribution is 5.41. The molecule has 3 heterocycles. The van der Waals surface area contributed by atoms with Crippen molar-refractivity contribution in [2.75, 3.05) is 24.6 Å². The highest BCUT2D eigenvalue weighted by Crippen LogP contribution is 2.29. The van der Waals surface area contributed by atoms with E-state index in [1.807, 2.05) is 19.9 Å². The fourth-order valence-corrected chi connectivity index (χ4v) is 2.56. The van der Waals surface area contributed by atoms with Gasteiger partial charge in [0, 0.05) is 25.1 Å². The zero-order valence-electron chi connectivity index (χ0n) is 12.3. The molecule has 0 spiro atoms. The van der Waals surface area contributed by atoms with Gasteiger partial charge in [-0.05, 0) is 26.7 Å². The smallest absolute Gasteiger partial charge is 0.229 e. The third kappa shape index (κ3) is 3.12. The van der Waals surface area contributed by atoms with Gasteiger partial charge in [0.15, 0.2) is 5.82 Å².